The predicted octanol–water partition coefficient (Wildman–Crippen LogP) is 3.99. The highest BCUT2D eigenvalue weighted by molar-refractivity contribution is 5.79. The van der Waals surface area contributed by atoms with Crippen LogP contribution in [0, 0.1) is 17.8 Å². The minimum atomic E-state index is 0.194. The molecule has 0 spiro atoms. The van der Waals surface area contributed by atoms with E-state index in [9.17, 15) is 4.79 Å². The van der Waals surface area contributed by atoms with Gasteiger partial charge in [-0.2, -0.15) is 0 Å². The highest BCUT2D eigenvalue weighted by atomic mass is 16.5. The molecule has 2 atom stereocenters. The fourth-order valence-corrected chi connectivity index (χ4v) is 7.23. The van der Waals surface area contributed by atoms with Crippen molar-refractivity contribution in [1.82, 2.24) is 29.4 Å². The molecule has 0 bridgehead atoms. The number of likely N-dealkylation sites (N-methyl/N-ethyl adjacent to an activating group) is 3. The Labute approximate surface area is 303 Å². The molecule has 4 aliphatic heterocycles. The molecule has 4 heterocycles. The summed E-state index contributed by atoms with van der Waals surface area (Å²) in [6, 6.07) is 0.869. The van der Waals surface area contributed by atoms with Crippen molar-refractivity contribution < 1.29 is 19.0 Å². The first-order valence-corrected chi connectivity index (χ1v) is 20.2. The van der Waals surface area contributed by atoms with Crippen molar-refractivity contribution in [3.63, 3.8) is 0 Å². The Morgan fingerprint density at radius 2 is 1.27 bits per heavy atom. The topological polar surface area (TPSA) is 64.2 Å². The molecule has 2 unspecified atom stereocenters. The van der Waals surface area contributed by atoms with E-state index in [0.29, 0.717) is 19.6 Å². The van der Waals surface area contributed by atoms with E-state index in [1.807, 2.05) is 6.92 Å². The molecule has 0 aromatic rings. The number of carbonyl (C=O) groups excluding carboxylic acids is 1. The molecule has 5 aliphatic rings. The average Bonchev–Trinajstić information content (AvgIpc) is 3.55. The number of likely N-dealkylation sites (tertiary alicyclic amines) is 2. The molecule has 290 valence electrons. The third-order valence-electron chi connectivity index (χ3n) is 11.1. The van der Waals surface area contributed by atoms with Gasteiger partial charge in [-0.15, -0.1) is 0 Å². The maximum Gasteiger partial charge on any atom is 0.158 e. The molecule has 5 rings (SSSR count). The van der Waals surface area contributed by atoms with E-state index < -0.39 is 0 Å². The number of methoxy groups -OCH3 is 1. The van der Waals surface area contributed by atoms with Gasteiger partial charge in [0.25, 0.3) is 0 Å². The van der Waals surface area contributed by atoms with Gasteiger partial charge < -0.3 is 38.7 Å². The second-order valence-electron chi connectivity index (χ2n) is 15.1. The minimum Gasteiger partial charge on any atom is -0.384 e. The lowest BCUT2D eigenvalue weighted by Crippen LogP contribution is -2.62. The number of nitrogens with zero attached hydrogens (tertiary/aromatic N) is 6. The van der Waals surface area contributed by atoms with Gasteiger partial charge in [-0.25, -0.2) is 0 Å². The maximum atomic E-state index is 11.0. The van der Waals surface area contributed by atoms with Gasteiger partial charge in [-0.05, 0) is 65.2 Å². The van der Waals surface area contributed by atoms with Crippen LogP contribution in [0.25, 0.3) is 0 Å². The van der Waals surface area contributed by atoms with E-state index in [-0.39, 0.29) is 5.78 Å². The second-order valence-corrected chi connectivity index (χ2v) is 15.1. The van der Waals surface area contributed by atoms with Crippen molar-refractivity contribution in [3.05, 3.63) is 0 Å². The van der Waals surface area contributed by atoms with E-state index in [0.717, 1.165) is 82.8 Å². The molecule has 0 radical (unpaired) electrons. The third-order valence-corrected chi connectivity index (χ3v) is 11.1. The smallest absolute Gasteiger partial charge is 0.158 e. The SMILES string of the molecule is CCC(=O)COCCCN1CCN(C)CC1.CCN1CC(COC)C1.CCN1CC(N2CCN(C)CC2)C1.CCOCC1CCC(CC)C1. The summed E-state index contributed by atoms with van der Waals surface area (Å²) in [5, 5.41) is 0. The highest BCUT2D eigenvalue weighted by Crippen LogP contribution is 2.32. The van der Waals surface area contributed by atoms with Crippen LogP contribution in [0.4, 0.5) is 0 Å². The summed E-state index contributed by atoms with van der Waals surface area (Å²) in [5.74, 6) is 2.88. The molecule has 49 heavy (non-hydrogen) atoms. The van der Waals surface area contributed by atoms with Crippen LogP contribution in [0.15, 0.2) is 0 Å². The van der Waals surface area contributed by atoms with Crippen molar-refractivity contribution in [2.24, 2.45) is 17.8 Å². The summed E-state index contributed by atoms with van der Waals surface area (Å²) < 4.78 is 15.7. The van der Waals surface area contributed by atoms with E-state index in [1.165, 1.54) is 91.1 Å². The Bertz CT molecular complexity index is 796. The van der Waals surface area contributed by atoms with Gasteiger partial charge in [0, 0.05) is 130 Å². The molecule has 0 amide bonds. The van der Waals surface area contributed by atoms with E-state index in [4.69, 9.17) is 14.2 Å². The van der Waals surface area contributed by atoms with Crippen molar-refractivity contribution in [2.45, 2.75) is 79.2 Å². The predicted molar refractivity (Wildman–Crippen MR) is 205 cm³/mol. The normalized spacial score (nSPS) is 24.9. The van der Waals surface area contributed by atoms with Crippen molar-refractivity contribution >= 4 is 5.78 Å². The summed E-state index contributed by atoms with van der Waals surface area (Å²) in [4.78, 5) is 25.8. The van der Waals surface area contributed by atoms with Gasteiger partial charge in [-0.3, -0.25) is 9.69 Å². The first-order valence-electron chi connectivity index (χ1n) is 20.2. The van der Waals surface area contributed by atoms with Crippen LogP contribution in [0.5, 0.6) is 0 Å². The zero-order valence-corrected chi connectivity index (χ0v) is 33.5. The van der Waals surface area contributed by atoms with Gasteiger partial charge in [0.1, 0.15) is 6.61 Å². The molecule has 0 aromatic carbocycles. The molecule has 0 aromatic heterocycles. The quantitative estimate of drug-likeness (QED) is 0.222. The van der Waals surface area contributed by atoms with Crippen LogP contribution in [0.2, 0.25) is 0 Å². The van der Waals surface area contributed by atoms with Crippen LogP contribution in [0.3, 0.4) is 0 Å². The fourth-order valence-electron chi connectivity index (χ4n) is 7.23. The molecule has 1 saturated carbocycles. The zero-order valence-electron chi connectivity index (χ0n) is 33.5. The Kier molecular flexibility index (Phi) is 24.5. The number of piperazine rings is 2. The van der Waals surface area contributed by atoms with Gasteiger partial charge in [0.05, 0.1) is 6.61 Å². The lowest BCUT2D eigenvalue weighted by Gasteiger charge is -2.47. The van der Waals surface area contributed by atoms with Crippen LogP contribution in [-0.2, 0) is 19.0 Å². The van der Waals surface area contributed by atoms with E-state index >= 15 is 0 Å². The van der Waals surface area contributed by atoms with Crippen molar-refractivity contribution in [2.75, 3.05) is 152 Å². The summed E-state index contributed by atoms with van der Waals surface area (Å²) in [6.45, 7) is 32.8. The van der Waals surface area contributed by atoms with Crippen LogP contribution in [0.1, 0.15) is 73.1 Å². The largest absolute Gasteiger partial charge is 0.384 e. The van der Waals surface area contributed by atoms with Crippen LogP contribution >= 0.6 is 0 Å². The number of ketones is 1. The standard InChI is InChI=1S/C12H24N2O2.C10H21N3.C10H20O.C7H15NO/c1-3-12(15)11-16-10-4-5-14-8-6-13(2)7-9-14;1-3-12-8-10(9-12)13-6-4-11(2)5-7-13;1-3-9-5-6-10(7-9)8-11-4-2;1-3-8-4-7(5-8)6-9-2/h3-11H2,1-2H3;10H,3-9H2,1-2H3;9-10H,3-8H2,1-2H3;7H,3-6H2,1-2H3. The number of ether oxygens (including phenoxy) is 3. The average molecular weight is 697 g/mol. The number of hydrogen-bond acceptors (Lipinski definition) is 10. The Hall–Kier alpha value is -0.690. The lowest BCUT2D eigenvalue weighted by atomic mass is 10.0. The maximum absolute atomic E-state index is 11.0. The zero-order chi connectivity index (χ0) is 35.9. The second kappa shape index (κ2) is 27.0. The first kappa shape index (κ1) is 44.5. The van der Waals surface area contributed by atoms with Crippen molar-refractivity contribution in [3.8, 4) is 0 Å². The number of rotatable bonds is 16. The number of Topliss-reactive ketones (excluding diaryl/α,β-unsaturated/α-hetero) is 1. The molecular weight excluding hydrogens is 616 g/mol. The minimum absolute atomic E-state index is 0.194. The molecule has 0 N–H and O–H groups in total. The first-order chi connectivity index (χ1) is 23.7. The summed E-state index contributed by atoms with van der Waals surface area (Å²) in [7, 11) is 6.15. The fraction of sp³-hybridized carbons (Fsp3) is 0.974. The molecule has 4 saturated heterocycles. The van der Waals surface area contributed by atoms with Gasteiger partial charge in [0.15, 0.2) is 5.78 Å². The third kappa shape index (κ3) is 19.1. The highest BCUT2D eigenvalue weighted by Gasteiger charge is 2.31. The van der Waals surface area contributed by atoms with E-state index in [2.05, 4.69) is 71.2 Å². The number of carbonyl (C=O) groups is 1. The van der Waals surface area contributed by atoms with Gasteiger partial charge in [0.2, 0.25) is 0 Å². The summed E-state index contributed by atoms with van der Waals surface area (Å²) in [5.41, 5.74) is 0. The Morgan fingerprint density at radius 3 is 1.80 bits per heavy atom. The van der Waals surface area contributed by atoms with Crippen LogP contribution < -0.4 is 0 Å². The monoisotopic (exact) mass is 697 g/mol. The summed E-state index contributed by atoms with van der Waals surface area (Å²) >= 11 is 0. The van der Waals surface area contributed by atoms with Gasteiger partial charge >= 0.3 is 0 Å². The Balaban J connectivity index is 0.000000231. The molecule has 1 aliphatic carbocycles. The van der Waals surface area contributed by atoms with Gasteiger partial charge in [-0.1, -0.05) is 40.5 Å². The molecule has 10 heteroatoms. The van der Waals surface area contributed by atoms with Crippen molar-refractivity contribution in [1.29, 1.82) is 0 Å². The van der Waals surface area contributed by atoms with E-state index in [1.54, 1.807) is 7.11 Å². The lowest BCUT2D eigenvalue weighted by molar-refractivity contribution is -0.123. The molecule has 5 fully saturated rings. The van der Waals surface area contributed by atoms with Crippen LogP contribution in [-0.4, -0.2) is 194 Å². The summed E-state index contributed by atoms with van der Waals surface area (Å²) in [6.07, 6.45) is 7.23. The molecular formula is C39H80N6O4. The Morgan fingerprint density at radius 1 is 0.673 bits per heavy atom. The number of hydrogen-bond donors (Lipinski definition) is 0. The molecule has 10 nitrogen and oxygen atoms in total.